The molecular formula is C18H25Cl3N2O3. The Morgan fingerprint density at radius 3 is 2.08 bits per heavy atom. The Bertz CT molecular complexity index is 542. The molecule has 0 heterocycles. The van der Waals surface area contributed by atoms with Gasteiger partial charge in [-0.1, -0.05) is 30.3 Å². The number of amides is 2. The summed E-state index contributed by atoms with van der Waals surface area (Å²) in [5.41, 5.74) is 1.02. The number of nitrogens with one attached hydrogen (secondary N) is 2. The standard InChI is InChI=1S/C14H19ClN2O2.C4H6Cl2O/c1-11(17-13(18)8-5-9-15)14(19)16-10-12-6-3-2-4-7-12;5-3-1-2-4(6)7/h2-4,6-7,11H,5,8-10H2,1H3,(H,16,19)(H,17,18);1-3H2. The van der Waals surface area contributed by atoms with Gasteiger partial charge in [0.25, 0.3) is 0 Å². The van der Waals surface area contributed by atoms with Gasteiger partial charge in [-0.2, -0.15) is 0 Å². The summed E-state index contributed by atoms with van der Waals surface area (Å²) >= 11 is 15.7. The first-order valence-electron chi connectivity index (χ1n) is 8.32. The molecular weight excluding hydrogens is 399 g/mol. The van der Waals surface area contributed by atoms with Gasteiger partial charge in [0.15, 0.2) is 0 Å². The Hall–Kier alpha value is -1.30. The van der Waals surface area contributed by atoms with E-state index in [1.54, 1.807) is 6.92 Å². The molecule has 26 heavy (non-hydrogen) atoms. The second-order valence-electron chi connectivity index (χ2n) is 5.43. The van der Waals surface area contributed by atoms with Crippen molar-refractivity contribution in [3.8, 4) is 0 Å². The summed E-state index contributed by atoms with van der Waals surface area (Å²) < 4.78 is 0. The lowest BCUT2D eigenvalue weighted by atomic mass is 10.2. The molecule has 1 unspecified atom stereocenters. The Kier molecular flexibility index (Phi) is 15.1. The van der Waals surface area contributed by atoms with Crippen molar-refractivity contribution in [2.24, 2.45) is 0 Å². The number of rotatable bonds is 10. The predicted molar refractivity (Wildman–Crippen MR) is 107 cm³/mol. The minimum absolute atomic E-state index is 0.150. The van der Waals surface area contributed by atoms with Crippen LogP contribution in [-0.2, 0) is 20.9 Å². The van der Waals surface area contributed by atoms with E-state index in [4.69, 9.17) is 34.8 Å². The summed E-state index contributed by atoms with van der Waals surface area (Å²) in [6, 6.07) is 9.09. The van der Waals surface area contributed by atoms with Gasteiger partial charge in [-0.25, -0.2) is 0 Å². The Labute approximate surface area is 169 Å². The van der Waals surface area contributed by atoms with E-state index in [0.717, 1.165) is 5.56 Å². The van der Waals surface area contributed by atoms with Crippen molar-refractivity contribution >= 4 is 51.9 Å². The number of hydrogen-bond donors (Lipinski definition) is 2. The fraction of sp³-hybridized carbons (Fsp3) is 0.500. The highest BCUT2D eigenvalue weighted by atomic mass is 35.5. The maximum absolute atomic E-state index is 11.8. The molecule has 0 aliphatic rings. The zero-order valence-corrected chi connectivity index (χ0v) is 17.0. The summed E-state index contributed by atoms with van der Waals surface area (Å²) in [5, 5.41) is 5.12. The highest BCUT2D eigenvalue weighted by Gasteiger charge is 2.14. The van der Waals surface area contributed by atoms with Crippen LogP contribution in [0.2, 0.25) is 0 Å². The molecule has 0 bridgehead atoms. The number of hydrogen-bond acceptors (Lipinski definition) is 3. The zero-order chi connectivity index (χ0) is 19.8. The third kappa shape index (κ3) is 13.9. The van der Waals surface area contributed by atoms with Crippen molar-refractivity contribution in [3.05, 3.63) is 35.9 Å². The van der Waals surface area contributed by atoms with E-state index >= 15 is 0 Å². The topological polar surface area (TPSA) is 75.3 Å². The van der Waals surface area contributed by atoms with Gasteiger partial charge < -0.3 is 10.6 Å². The minimum Gasteiger partial charge on any atom is -0.350 e. The molecule has 0 aliphatic carbocycles. The number of halogens is 3. The van der Waals surface area contributed by atoms with Crippen LogP contribution in [0.3, 0.4) is 0 Å². The van der Waals surface area contributed by atoms with Crippen LogP contribution in [0.4, 0.5) is 0 Å². The lowest BCUT2D eigenvalue weighted by Gasteiger charge is -2.14. The largest absolute Gasteiger partial charge is 0.350 e. The molecule has 0 spiro atoms. The molecule has 146 valence electrons. The molecule has 2 amide bonds. The fourth-order valence-corrected chi connectivity index (χ4v) is 2.15. The van der Waals surface area contributed by atoms with E-state index < -0.39 is 6.04 Å². The van der Waals surface area contributed by atoms with Crippen LogP contribution in [-0.4, -0.2) is 34.9 Å². The summed E-state index contributed by atoms with van der Waals surface area (Å²) in [6.45, 7) is 2.13. The Balaban J connectivity index is 0.000000758. The van der Waals surface area contributed by atoms with Gasteiger partial charge in [0.05, 0.1) is 0 Å². The summed E-state index contributed by atoms with van der Waals surface area (Å²) in [6.07, 6.45) is 2.04. The number of carbonyl (C=O) groups excluding carboxylic acids is 3. The molecule has 8 heteroatoms. The minimum atomic E-state index is -0.536. The Morgan fingerprint density at radius 2 is 1.58 bits per heavy atom. The fourth-order valence-electron chi connectivity index (χ4n) is 1.75. The van der Waals surface area contributed by atoms with E-state index in [0.29, 0.717) is 44.0 Å². The van der Waals surface area contributed by atoms with Gasteiger partial charge in [-0.05, 0) is 36.9 Å². The van der Waals surface area contributed by atoms with Crippen LogP contribution in [0.15, 0.2) is 30.3 Å². The number of carbonyl (C=O) groups is 3. The number of alkyl halides is 2. The van der Waals surface area contributed by atoms with E-state index in [-0.39, 0.29) is 17.1 Å². The zero-order valence-electron chi connectivity index (χ0n) is 14.8. The first-order valence-corrected chi connectivity index (χ1v) is 9.76. The lowest BCUT2D eigenvalue weighted by molar-refractivity contribution is -0.128. The summed E-state index contributed by atoms with van der Waals surface area (Å²) in [7, 11) is 0. The molecule has 1 rings (SSSR count). The maximum atomic E-state index is 11.8. The SMILES string of the molecule is CC(NC(=O)CCCCl)C(=O)NCc1ccccc1.O=C(Cl)CCCCl. The molecule has 1 aromatic rings. The molecule has 1 atom stereocenters. The number of benzene rings is 1. The normalized spacial score (nSPS) is 10.9. The van der Waals surface area contributed by atoms with E-state index in [2.05, 4.69) is 10.6 Å². The maximum Gasteiger partial charge on any atom is 0.242 e. The van der Waals surface area contributed by atoms with Gasteiger partial charge in [0.1, 0.15) is 6.04 Å². The highest BCUT2D eigenvalue weighted by Crippen LogP contribution is 1.98. The van der Waals surface area contributed by atoms with Crippen LogP contribution in [0.25, 0.3) is 0 Å². The van der Waals surface area contributed by atoms with Gasteiger partial charge in [-0.15, -0.1) is 23.2 Å². The lowest BCUT2D eigenvalue weighted by Crippen LogP contribution is -2.44. The van der Waals surface area contributed by atoms with E-state index in [9.17, 15) is 14.4 Å². The molecule has 0 radical (unpaired) electrons. The third-order valence-electron chi connectivity index (χ3n) is 3.12. The van der Waals surface area contributed by atoms with Gasteiger partial charge >= 0.3 is 0 Å². The molecule has 0 saturated heterocycles. The smallest absolute Gasteiger partial charge is 0.242 e. The Morgan fingerprint density at radius 1 is 1.00 bits per heavy atom. The average Bonchev–Trinajstić information content (AvgIpc) is 2.63. The van der Waals surface area contributed by atoms with Gasteiger partial charge in [0, 0.05) is 31.1 Å². The molecule has 0 aromatic heterocycles. The quantitative estimate of drug-likeness (QED) is 0.446. The van der Waals surface area contributed by atoms with Crippen LogP contribution < -0.4 is 10.6 Å². The van der Waals surface area contributed by atoms with Crippen molar-refractivity contribution in [3.63, 3.8) is 0 Å². The predicted octanol–water partition coefficient (Wildman–Crippen LogP) is 3.60. The van der Waals surface area contributed by atoms with Crippen LogP contribution >= 0.6 is 34.8 Å². The molecule has 2 N–H and O–H groups in total. The highest BCUT2D eigenvalue weighted by molar-refractivity contribution is 6.63. The first-order chi connectivity index (χ1) is 12.4. The van der Waals surface area contributed by atoms with Crippen molar-refractivity contribution < 1.29 is 14.4 Å². The molecule has 5 nitrogen and oxygen atoms in total. The molecule has 0 saturated carbocycles. The van der Waals surface area contributed by atoms with Crippen molar-refractivity contribution in [2.45, 2.75) is 45.2 Å². The molecule has 0 fully saturated rings. The summed E-state index contributed by atoms with van der Waals surface area (Å²) in [5.74, 6) is 0.617. The first kappa shape index (κ1) is 24.7. The average molecular weight is 424 g/mol. The monoisotopic (exact) mass is 422 g/mol. The summed E-state index contributed by atoms with van der Waals surface area (Å²) in [4.78, 5) is 33.1. The molecule has 1 aromatic carbocycles. The van der Waals surface area contributed by atoms with Gasteiger partial charge in [0.2, 0.25) is 17.1 Å². The van der Waals surface area contributed by atoms with E-state index in [1.165, 1.54) is 0 Å². The molecule has 0 aliphatic heterocycles. The third-order valence-corrected chi connectivity index (χ3v) is 3.85. The second kappa shape index (κ2) is 15.9. The van der Waals surface area contributed by atoms with Crippen LogP contribution in [0.1, 0.15) is 38.2 Å². The second-order valence-corrected chi connectivity index (χ2v) is 6.61. The van der Waals surface area contributed by atoms with E-state index in [1.807, 2.05) is 30.3 Å². The van der Waals surface area contributed by atoms with Crippen LogP contribution in [0, 0.1) is 0 Å². The van der Waals surface area contributed by atoms with Crippen molar-refractivity contribution in [2.75, 3.05) is 11.8 Å². The van der Waals surface area contributed by atoms with Crippen molar-refractivity contribution in [1.82, 2.24) is 10.6 Å². The van der Waals surface area contributed by atoms with Crippen molar-refractivity contribution in [1.29, 1.82) is 0 Å². The van der Waals surface area contributed by atoms with Crippen LogP contribution in [0.5, 0.6) is 0 Å². The van der Waals surface area contributed by atoms with Gasteiger partial charge in [-0.3, -0.25) is 14.4 Å².